The Kier molecular flexibility index (Phi) is 4.01. The molecule has 0 saturated carbocycles. The summed E-state index contributed by atoms with van der Waals surface area (Å²) in [7, 11) is 1.60. The first-order valence-corrected chi connectivity index (χ1v) is 5.45. The van der Waals surface area contributed by atoms with Gasteiger partial charge in [-0.3, -0.25) is 0 Å². The first kappa shape index (κ1) is 12.6. The number of nitrogens with zero attached hydrogens (tertiary/aromatic N) is 1. The molecule has 0 aliphatic rings. The highest BCUT2D eigenvalue weighted by atomic mass is 16.5. The lowest BCUT2D eigenvalue weighted by atomic mass is 10.1. The Morgan fingerprint density at radius 2 is 1.88 bits per heavy atom. The third-order valence-electron chi connectivity index (χ3n) is 2.94. The first-order valence-electron chi connectivity index (χ1n) is 5.45. The van der Waals surface area contributed by atoms with E-state index in [-0.39, 0.29) is 6.04 Å². The Morgan fingerprint density at radius 1 is 1.25 bits per heavy atom. The van der Waals surface area contributed by atoms with Crippen molar-refractivity contribution in [3.8, 4) is 5.75 Å². The zero-order chi connectivity index (χ0) is 12.3. The second-order valence-electron chi connectivity index (χ2n) is 4.28. The van der Waals surface area contributed by atoms with Crippen molar-refractivity contribution in [1.29, 1.82) is 0 Å². The van der Waals surface area contributed by atoms with Crippen molar-refractivity contribution in [1.82, 2.24) is 0 Å². The van der Waals surface area contributed by atoms with Gasteiger partial charge in [0, 0.05) is 6.04 Å². The van der Waals surface area contributed by atoms with Crippen LogP contribution in [-0.4, -0.2) is 13.2 Å². The maximum atomic E-state index is 6.06. The van der Waals surface area contributed by atoms with E-state index < -0.39 is 0 Å². The molecule has 0 fully saturated rings. The van der Waals surface area contributed by atoms with Crippen molar-refractivity contribution < 1.29 is 4.74 Å². The van der Waals surface area contributed by atoms with Gasteiger partial charge in [-0.15, -0.1) is 0 Å². The summed E-state index contributed by atoms with van der Waals surface area (Å²) in [6.07, 6.45) is 0. The van der Waals surface area contributed by atoms with E-state index >= 15 is 0 Å². The first-order chi connectivity index (χ1) is 7.49. The monoisotopic (exact) mass is 223 g/mol. The Bertz CT molecular complexity index is 352. The number of hydrazine groups is 1. The molecule has 1 rings (SSSR count). The summed E-state index contributed by atoms with van der Waals surface area (Å²) in [5, 5.41) is 1.70. The zero-order valence-electron chi connectivity index (χ0n) is 10.4. The molecule has 0 saturated heterocycles. The minimum Gasteiger partial charge on any atom is -0.495 e. The van der Waals surface area contributed by atoms with E-state index in [1.54, 1.807) is 12.1 Å². The molecule has 16 heavy (non-hydrogen) atoms. The molecular formula is C12H21N3O. The molecule has 1 unspecified atom stereocenters. The van der Waals surface area contributed by atoms with Crippen molar-refractivity contribution in [3.05, 3.63) is 18.2 Å². The van der Waals surface area contributed by atoms with Crippen LogP contribution in [0.2, 0.25) is 0 Å². The summed E-state index contributed by atoms with van der Waals surface area (Å²) in [6, 6.07) is 5.83. The molecule has 90 valence electrons. The number of para-hydroxylation sites is 1. The van der Waals surface area contributed by atoms with Crippen molar-refractivity contribution in [2.45, 2.75) is 26.8 Å². The topological polar surface area (TPSA) is 64.5 Å². The number of ether oxygens (including phenoxy) is 1. The number of methoxy groups -OCH3 is 1. The Labute approximate surface area is 97.1 Å². The molecule has 4 N–H and O–H groups in total. The SMILES string of the molecule is COc1cccc(N(N)C(C)C(C)C)c1N. The van der Waals surface area contributed by atoms with Crippen LogP contribution in [-0.2, 0) is 0 Å². The van der Waals surface area contributed by atoms with Gasteiger partial charge in [-0.05, 0) is 25.0 Å². The van der Waals surface area contributed by atoms with E-state index in [9.17, 15) is 0 Å². The number of nitrogen functional groups attached to an aromatic ring is 1. The van der Waals surface area contributed by atoms with Crippen LogP contribution in [0.4, 0.5) is 11.4 Å². The number of nitrogens with two attached hydrogens (primary N) is 2. The fraction of sp³-hybridized carbons (Fsp3) is 0.500. The van der Waals surface area contributed by atoms with E-state index in [1.807, 2.05) is 18.2 Å². The molecule has 4 nitrogen and oxygen atoms in total. The fourth-order valence-corrected chi connectivity index (χ4v) is 1.48. The van der Waals surface area contributed by atoms with Crippen LogP contribution in [0, 0.1) is 5.92 Å². The lowest BCUT2D eigenvalue weighted by molar-refractivity contribution is 0.416. The number of benzene rings is 1. The largest absolute Gasteiger partial charge is 0.495 e. The fourth-order valence-electron chi connectivity index (χ4n) is 1.48. The summed E-state index contributed by atoms with van der Waals surface area (Å²) >= 11 is 0. The Balaban J connectivity index is 3.04. The van der Waals surface area contributed by atoms with Crippen molar-refractivity contribution >= 4 is 11.4 Å². The quantitative estimate of drug-likeness (QED) is 0.465. The van der Waals surface area contributed by atoms with E-state index in [2.05, 4.69) is 20.8 Å². The maximum Gasteiger partial charge on any atom is 0.143 e. The van der Waals surface area contributed by atoms with Crippen molar-refractivity contribution in [2.75, 3.05) is 17.9 Å². The molecule has 0 aliphatic heterocycles. The number of anilines is 2. The Hall–Kier alpha value is -1.42. The molecule has 0 amide bonds. The van der Waals surface area contributed by atoms with Crippen LogP contribution in [0.1, 0.15) is 20.8 Å². The van der Waals surface area contributed by atoms with Crippen LogP contribution < -0.4 is 21.3 Å². The molecule has 0 heterocycles. The summed E-state index contributed by atoms with van der Waals surface area (Å²) in [6.45, 7) is 6.32. The molecule has 0 aromatic heterocycles. The van der Waals surface area contributed by atoms with Crippen LogP contribution in [0.15, 0.2) is 18.2 Å². The third kappa shape index (κ3) is 2.39. The zero-order valence-corrected chi connectivity index (χ0v) is 10.4. The molecule has 1 aromatic carbocycles. The summed E-state index contributed by atoms with van der Waals surface area (Å²) < 4.78 is 5.17. The average molecular weight is 223 g/mol. The van der Waals surface area contributed by atoms with E-state index in [4.69, 9.17) is 16.3 Å². The van der Waals surface area contributed by atoms with Gasteiger partial charge in [-0.2, -0.15) is 0 Å². The van der Waals surface area contributed by atoms with Gasteiger partial charge < -0.3 is 15.5 Å². The van der Waals surface area contributed by atoms with Gasteiger partial charge in [-0.25, -0.2) is 5.84 Å². The minimum absolute atomic E-state index is 0.217. The molecule has 0 radical (unpaired) electrons. The van der Waals surface area contributed by atoms with Crippen LogP contribution >= 0.6 is 0 Å². The third-order valence-corrected chi connectivity index (χ3v) is 2.94. The number of hydrogen-bond acceptors (Lipinski definition) is 4. The normalized spacial score (nSPS) is 12.6. The van der Waals surface area contributed by atoms with Crippen LogP contribution in [0.25, 0.3) is 0 Å². The lowest BCUT2D eigenvalue weighted by Crippen LogP contribution is -2.42. The molecule has 1 aromatic rings. The highest BCUT2D eigenvalue weighted by molar-refractivity contribution is 5.73. The second-order valence-corrected chi connectivity index (χ2v) is 4.28. The highest BCUT2D eigenvalue weighted by Crippen LogP contribution is 2.32. The van der Waals surface area contributed by atoms with Crippen molar-refractivity contribution in [3.63, 3.8) is 0 Å². The Morgan fingerprint density at radius 3 is 2.38 bits per heavy atom. The molecule has 0 spiro atoms. The molecule has 0 aliphatic carbocycles. The molecular weight excluding hydrogens is 202 g/mol. The van der Waals surface area contributed by atoms with Crippen LogP contribution in [0.5, 0.6) is 5.75 Å². The number of hydrogen-bond donors (Lipinski definition) is 2. The van der Waals surface area contributed by atoms with E-state index in [1.165, 1.54) is 0 Å². The van der Waals surface area contributed by atoms with Gasteiger partial charge in [0.05, 0.1) is 18.5 Å². The average Bonchev–Trinajstić information content (AvgIpc) is 2.27. The highest BCUT2D eigenvalue weighted by Gasteiger charge is 2.17. The van der Waals surface area contributed by atoms with Crippen LogP contribution in [0.3, 0.4) is 0 Å². The number of rotatable bonds is 4. The summed E-state index contributed by atoms with van der Waals surface area (Å²) in [5.74, 6) is 7.17. The van der Waals surface area contributed by atoms with Gasteiger partial charge in [0.15, 0.2) is 0 Å². The van der Waals surface area contributed by atoms with Gasteiger partial charge in [-0.1, -0.05) is 19.9 Å². The molecule has 0 bridgehead atoms. The predicted molar refractivity (Wildman–Crippen MR) is 68.4 cm³/mol. The summed E-state index contributed by atoms with van der Waals surface area (Å²) in [5.41, 5.74) is 7.38. The van der Waals surface area contributed by atoms with Crippen molar-refractivity contribution in [2.24, 2.45) is 11.8 Å². The van der Waals surface area contributed by atoms with E-state index in [0.717, 1.165) is 5.69 Å². The summed E-state index contributed by atoms with van der Waals surface area (Å²) in [4.78, 5) is 0. The molecule has 4 heteroatoms. The predicted octanol–water partition coefficient (Wildman–Crippen LogP) is 2.00. The second kappa shape index (κ2) is 5.07. The minimum atomic E-state index is 0.217. The van der Waals surface area contributed by atoms with E-state index in [0.29, 0.717) is 17.4 Å². The standard InChI is InChI=1S/C12H21N3O/c1-8(2)9(3)15(14)10-6-5-7-11(16-4)12(10)13/h5-9H,13-14H2,1-4H3. The van der Waals surface area contributed by atoms with Gasteiger partial charge >= 0.3 is 0 Å². The van der Waals surface area contributed by atoms with Gasteiger partial charge in [0.25, 0.3) is 0 Å². The lowest BCUT2D eigenvalue weighted by Gasteiger charge is -2.30. The van der Waals surface area contributed by atoms with Gasteiger partial charge in [0.1, 0.15) is 5.75 Å². The maximum absolute atomic E-state index is 6.06. The smallest absolute Gasteiger partial charge is 0.143 e. The molecule has 1 atom stereocenters. The van der Waals surface area contributed by atoms with Gasteiger partial charge in [0.2, 0.25) is 0 Å².